The third-order valence-corrected chi connectivity index (χ3v) is 9.18. The lowest BCUT2D eigenvalue weighted by atomic mass is 9.89. The summed E-state index contributed by atoms with van der Waals surface area (Å²) in [6.45, 7) is 1.47. The van der Waals surface area contributed by atoms with Crippen LogP contribution in [0.4, 0.5) is 5.69 Å². The number of nitrogens with two attached hydrogens (primary N) is 1. The number of carbonyl (C=O) groups excluding carboxylic acids is 2. The molecule has 1 aromatic heterocycles. The second kappa shape index (κ2) is 10.0. The fourth-order valence-electron chi connectivity index (χ4n) is 4.13. The lowest BCUT2D eigenvalue weighted by Crippen LogP contribution is -2.74. The van der Waals surface area contributed by atoms with Crippen LogP contribution in [0.15, 0.2) is 33.9 Å². The number of para-hydroxylation sites is 1. The Balaban J connectivity index is 1.49. The van der Waals surface area contributed by atoms with Gasteiger partial charge >= 0.3 is 5.97 Å². The highest BCUT2D eigenvalue weighted by molar-refractivity contribution is 8.00. The number of rotatable bonds is 9. The number of hydrogen-bond donors (Lipinski definition) is 3. The number of hydrogen-bond acceptors (Lipinski definition) is 11. The van der Waals surface area contributed by atoms with Gasteiger partial charge in [0.15, 0.2) is 5.75 Å². The van der Waals surface area contributed by atoms with Gasteiger partial charge in [-0.05, 0) is 11.6 Å². The Bertz CT molecular complexity index is 1300. The fraction of sp³-hybridized carbons (Fsp3) is 0.450. The zero-order valence-electron chi connectivity index (χ0n) is 18.9. The molecule has 3 heterocycles. The Morgan fingerprint density at radius 3 is 2.72 bits per heavy atom. The number of amides is 2. The van der Waals surface area contributed by atoms with Crippen LogP contribution < -0.4 is 10.6 Å². The quantitative estimate of drug-likeness (QED) is 0.218. The molecule has 0 spiro atoms. The number of anilines is 1. The average Bonchev–Trinajstić information content (AvgIpc) is 3.26. The predicted octanol–water partition coefficient (Wildman–Crippen LogP) is 0.416. The Labute approximate surface area is 214 Å². The molecule has 2 amide bonds. The summed E-state index contributed by atoms with van der Waals surface area (Å²) >= 11 is 2.19. The smallest absolute Gasteiger partial charge is 0.313 e. The van der Waals surface area contributed by atoms with E-state index in [9.17, 15) is 27.9 Å². The summed E-state index contributed by atoms with van der Waals surface area (Å²) < 4.78 is 36.0. The number of carbonyl (C=O) groups is 3. The maximum atomic E-state index is 13.2. The van der Waals surface area contributed by atoms with E-state index in [2.05, 4.69) is 10.2 Å². The number of carboxylic acids is 1. The maximum absolute atomic E-state index is 13.2. The van der Waals surface area contributed by atoms with Gasteiger partial charge in [0.2, 0.25) is 17.7 Å². The van der Waals surface area contributed by atoms with Gasteiger partial charge in [0.25, 0.3) is 15.3 Å². The van der Waals surface area contributed by atoms with E-state index in [-0.39, 0.29) is 47.5 Å². The van der Waals surface area contributed by atoms with Crippen molar-refractivity contribution in [1.82, 2.24) is 15.1 Å². The van der Waals surface area contributed by atoms with E-state index in [1.807, 2.05) is 0 Å². The molecular weight excluding hydrogens is 534 g/mol. The monoisotopic (exact) mass is 557 g/mol. The summed E-state index contributed by atoms with van der Waals surface area (Å²) in [5.74, 6) is -2.87. The van der Waals surface area contributed by atoms with Crippen LogP contribution in [-0.2, 0) is 36.8 Å². The Kier molecular flexibility index (Phi) is 7.34. The topological polar surface area (TPSA) is 197 Å². The van der Waals surface area contributed by atoms with Crippen LogP contribution in [0.3, 0.4) is 0 Å². The average molecular weight is 558 g/mol. The first kappa shape index (κ1) is 26.4. The Morgan fingerprint density at radius 1 is 1.36 bits per heavy atom. The molecule has 194 valence electrons. The SMILES string of the molecule is CC(=O)N(c1ccccc1CN)C1C(=O)N2CC(CSc3nnc(CS(=O)(=O)O)o3)(C(=O)O)CS[C@H]12. The summed E-state index contributed by atoms with van der Waals surface area (Å²) in [6.07, 6.45) is 0. The van der Waals surface area contributed by atoms with Crippen LogP contribution in [0.2, 0.25) is 0 Å². The van der Waals surface area contributed by atoms with E-state index in [1.165, 1.54) is 28.5 Å². The van der Waals surface area contributed by atoms with E-state index in [1.54, 1.807) is 24.3 Å². The van der Waals surface area contributed by atoms with Crippen LogP contribution in [-0.4, -0.2) is 80.4 Å². The molecule has 4 N–H and O–H groups in total. The number of aromatic nitrogens is 2. The number of β-lactam (4-membered cyclic amide) rings is 1. The molecule has 0 aliphatic carbocycles. The van der Waals surface area contributed by atoms with E-state index in [4.69, 9.17) is 14.7 Å². The number of thioether (sulfide) groups is 2. The van der Waals surface area contributed by atoms with Crippen LogP contribution >= 0.6 is 23.5 Å². The van der Waals surface area contributed by atoms with Crippen molar-refractivity contribution in [1.29, 1.82) is 0 Å². The second-order valence-electron chi connectivity index (χ2n) is 8.40. The van der Waals surface area contributed by atoms with Crippen LogP contribution in [0.1, 0.15) is 18.4 Å². The summed E-state index contributed by atoms with van der Waals surface area (Å²) in [5, 5.41) is 16.8. The highest BCUT2D eigenvalue weighted by atomic mass is 32.2. The standard InChI is InChI=1S/C20H23N5O8S3/c1-11(26)25(13-5-3-2-4-12(13)6-21)15-16(27)24-8-20(18(28)29,9-34-17(15)24)10-35-19-23-22-14(33-19)7-36(30,31)32/h2-5,15,17H,6-10,21H2,1H3,(H,28,29)(H,30,31,32)/t15?,17-,20?/m1/s1. The van der Waals surface area contributed by atoms with Gasteiger partial charge in [0.05, 0.1) is 0 Å². The zero-order valence-corrected chi connectivity index (χ0v) is 21.4. The van der Waals surface area contributed by atoms with E-state index >= 15 is 0 Å². The number of fused-ring (bicyclic) bond motifs is 1. The van der Waals surface area contributed by atoms with Gasteiger partial charge in [0, 0.05) is 37.2 Å². The van der Waals surface area contributed by atoms with E-state index < -0.39 is 38.7 Å². The molecule has 13 nitrogen and oxygen atoms in total. The number of aliphatic carboxylic acids is 1. The van der Waals surface area contributed by atoms with Gasteiger partial charge < -0.3 is 20.2 Å². The van der Waals surface area contributed by atoms with Crippen molar-refractivity contribution in [3.05, 3.63) is 35.7 Å². The van der Waals surface area contributed by atoms with Crippen molar-refractivity contribution >= 4 is 57.1 Å². The molecule has 16 heteroatoms. The first-order valence-electron chi connectivity index (χ1n) is 10.6. The molecule has 0 bridgehead atoms. The minimum absolute atomic E-state index is 0.0313. The van der Waals surface area contributed by atoms with Crippen LogP contribution in [0.25, 0.3) is 0 Å². The van der Waals surface area contributed by atoms with Gasteiger partial charge in [-0.1, -0.05) is 30.0 Å². The van der Waals surface area contributed by atoms with Crippen molar-refractivity contribution in [3.8, 4) is 0 Å². The summed E-state index contributed by atoms with van der Waals surface area (Å²) in [7, 11) is -4.36. The molecule has 0 saturated carbocycles. The number of nitrogens with zero attached hydrogens (tertiary/aromatic N) is 4. The lowest BCUT2D eigenvalue weighted by molar-refractivity contribution is -0.156. The Morgan fingerprint density at radius 2 is 2.08 bits per heavy atom. The molecule has 1 aromatic carbocycles. The van der Waals surface area contributed by atoms with Crippen molar-refractivity contribution in [3.63, 3.8) is 0 Å². The van der Waals surface area contributed by atoms with Gasteiger partial charge in [-0.2, -0.15) is 8.42 Å². The number of carboxylic acid groups (broad SMARTS) is 1. The molecule has 2 aliphatic rings. The zero-order chi connectivity index (χ0) is 26.3. The minimum atomic E-state index is -4.36. The molecule has 2 aromatic rings. The first-order chi connectivity index (χ1) is 17.0. The highest BCUT2D eigenvalue weighted by Crippen LogP contribution is 2.46. The second-order valence-corrected chi connectivity index (χ2v) is 11.9. The predicted molar refractivity (Wildman–Crippen MR) is 130 cm³/mol. The minimum Gasteiger partial charge on any atom is -0.481 e. The summed E-state index contributed by atoms with van der Waals surface area (Å²) in [4.78, 5) is 40.9. The summed E-state index contributed by atoms with van der Waals surface area (Å²) in [5.41, 5.74) is 5.75. The van der Waals surface area contributed by atoms with Crippen molar-refractivity contribution in [2.24, 2.45) is 11.1 Å². The number of benzene rings is 1. The lowest BCUT2D eigenvalue weighted by Gasteiger charge is -2.56. The largest absolute Gasteiger partial charge is 0.481 e. The van der Waals surface area contributed by atoms with Crippen molar-refractivity contribution < 1.29 is 36.9 Å². The molecular formula is C20H23N5O8S3. The molecule has 2 unspecified atom stereocenters. The van der Waals surface area contributed by atoms with E-state index in [0.29, 0.717) is 11.3 Å². The molecule has 2 fully saturated rings. The third-order valence-electron chi connectivity index (χ3n) is 5.89. The molecule has 2 saturated heterocycles. The molecule has 36 heavy (non-hydrogen) atoms. The molecule has 3 atom stereocenters. The Hall–Kier alpha value is -2.66. The maximum Gasteiger partial charge on any atom is 0.313 e. The summed E-state index contributed by atoms with van der Waals surface area (Å²) in [6, 6.07) is 6.28. The van der Waals surface area contributed by atoms with E-state index in [0.717, 1.165) is 11.8 Å². The van der Waals surface area contributed by atoms with Crippen LogP contribution in [0.5, 0.6) is 0 Å². The van der Waals surface area contributed by atoms with Gasteiger partial charge in [-0.25, -0.2) is 0 Å². The third kappa shape index (κ3) is 5.08. The molecule has 0 radical (unpaired) electrons. The van der Waals surface area contributed by atoms with Gasteiger partial charge in [0.1, 0.15) is 16.8 Å². The molecule has 4 rings (SSSR count). The normalized spacial score (nSPS) is 23.6. The fourth-order valence-corrected chi connectivity index (χ4v) is 7.25. The first-order valence-corrected chi connectivity index (χ1v) is 14.2. The van der Waals surface area contributed by atoms with Crippen molar-refractivity contribution in [2.45, 2.75) is 35.9 Å². The van der Waals surface area contributed by atoms with Crippen molar-refractivity contribution in [2.75, 3.05) is 23.0 Å². The highest BCUT2D eigenvalue weighted by Gasteiger charge is 2.59. The molecule has 2 aliphatic heterocycles. The van der Waals surface area contributed by atoms with Gasteiger partial charge in [-0.3, -0.25) is 23.8 Å². The van der Waals surface area contributed by atoms with Crippen LogP contribution in [0, 0.1) is 5.41 Å². The van der Waals surface area contributed by atoms with Gasteiger partial charge in [-0.15, -0.1) is 22.0 Å².